The number of carbonyl (C=O) groups is 3. The van der Waals surface area contributed by atoms with Crippen LogP contribution in [0.5, 0.6) is 0 Å². The van der Waals surface area contributed by atoms with Gasteiger partial charge in [0.25, 0.3) is 17.7 Å². The molecule has 23 heteroatoms. The average Bonchev–Trinajstić information content (AvgIpc) is 1.84. The van der Waals surface area contributed by atoms with Crippen LogP contribution in [-0.4, -0.2) is 82.7 Å². The van der Waals surface area contributed by atoms with E-state index in [2.05, 4.69) is 107 Å². The quantitative estimate of drug-likeness (QED) is 0.0655. The van der Waals surface area contributed by atoms with Crippen molar-refractivity contribution in [2.24, 2.45) is 0 Å². The predicted octanol–water partition coefficient (Wildman–Crippen LogP) is 13.2. The van der Waals surface area contributed by atoms with E-state index in [1.807, 2.05) is 158 Å². The molecule has 3 aliphatic heterocycles. The first-order valence-corrected chi connectivity index (χ1v) is 31.6. The van der Waals surface area contributed by atoms with Crippen LogP contribution in [0.3, 0.4) is 0 Å². The summed E-state index contributed by atoms with van der Waals surface area (Å²) in [5.74, 6) is 3.59. The topological polar surface area (TPSA) is 250 Å². The molecule has 448 valence electrons. The Morgan fingerprint density at radius 2 is 0.889 bits per heavy atom. The fourth-order valence-electron chi connectivity index (χ4n) is 10.6. The first-order chi connectivity index (χ1) is 43.9. The van der Waals surface area contributed by atoms with Gasteiger partial charge in [0.05, 0.1) is 18.8 Å². The molecule has 17 rings (SSSR count). The van der Waals surface area contributed by atoms with Crippen LogP contribution in [0, 0.1) is 5.41 Å². The molecule has 3 aliphatic carbocycles. The summed E-state index contributed by atoms with van der Waals surface area (Å²) >= 11 is 10.2. The summed E-state index contributed by atoms with van der Waals surface area (Å²) in [6.45, 7) is 1.66. The van der Waals surface area contributed by atoms with Crippen LogP contribution in [0.1, 0.15) is 116 Å². The van der Waals surface area contributed by atoms with Gasteiger partial charge < -0.3 is 24.8 Å². The molecule has 0 spiro atoms. The number of carbonyl (C=O) groups excluding carboxylic acids is 3. The molecule has 0 unspecified atom stereocenters. The second-order valence-corrected chi connectivity index (χ2v) is 24.7. The molecular weight excluding hydrogens is 1330 g/mol. The average molecular weight is 1390 g/mol. The second-order valence-electron chi connectivity index (χ2n) is 22.1. The smallest absolute Gasteiger partial charge is 0.260 e. The first kappa shape index (κ1) is 59.3. The zero-order valence-corrected chi connectivity index (χ0v) is 52.9. The van der Waals surface area contributed by atoms with E-state index in [0.29, 0.717) is 66.4 Å². The van der Waals surface area contributed by atoms with Crippen molar-refractivity contribution in [2.75, 3.05) is 15.5 Å². The molecule has 0 bridgehead atoms. The summed E-state index contributed by atoms with van der Waals surface area (Å²) in [6, 6.07) is 55.0. The Kier molecular flexibility index (Phi) is 17.2. The number of pyridine rings is 3. The van der Waals surface area contributed by atoms with Gasteiger partial charge in [-0.2, -0.15) is 0 Å². The Hall–Kier alpha value is -9.71. The van der Waals surface area contributed by atoms with E-state index in [9.17, 15) is 14.4 Å². The van der Waals surface area contributed by atoms with Crippen LogP contribution >= 0.6 is 47.8 Å². The number of rotatable bonds is 10. The molecule has 3 saturated carbocycles. The van der Waals surface area contributed by atoms with Crippen LogP contribution in [0.4, 0.5) is 17.3 Å². The van der Waals surface area contributed by atoms with Gasteiger partial charge in [-0.25, -0.2) is 15.0 Å². The number of nitrogen functional groups attached to an aromatic ring is 1. The van der Waals surface area contributed by atoms with Crippen molar-refractivity contribution in [1.82, 2.24) is 64.6 Å². The Morgan fingerprint density at radius 3 is 1.36 bits per heavy atom. The standard InChI is InChI=1S/C18H14BrN5O.C18H16N6O.C13H11N.C10H9BrN4.C8H6BrNO/c2*19-12-4-7-14-11(8-12)9-23(18(14)25)16-3-1-2-15(21-16)17-22-20-10-24(17)13-5-6-13;14-13(11-7-3-1-4-8-11)12-9-5-2-6-10-12;11-9-3-1-2-8(13-9)10-14-12-6-15(10)7-4-5-7;9-6-1-2-7-5(3-6)4-10-8(7)11/h1-4,7-8,10,13H,5-6,9H2;1-4,7-8,10,13H,5-6,9,19H2;1-10,14H;1-3,6-7H,4-5H2;1-3H,4H2,(H,10,11). The van der Waals surface area contributed by atoms with Gasteiger partial charge in [0.2, 0.25) is 0 Å². The molecule has 9 heterocycles. The van der Waals surface area contributed by atoms with Gasteiger partial charge in [-0.05, 0) is 173 Å². The Morgan fingerprint density at radius 1 is 0.467 bits per heavy atom. The van der Waals surface area contributed by atoms with Gasteiger partial charge in [-0.1, -0.05) is 111 Å². The van der Waals surface area contributed by atoms with Crippen molar-refractivity contribution >= 4 is 88.5 Å². The second kappa shape index (κ2) is 26.2. The van der Waals surface area contributed by atoms with Gasteiger partial charge in [0.1, 0.15) is 52.3 Å². The Balaban J connectivity index is 0.000000107. The molecule has 0 saturated heterocycles. The highest BCUT2D eigenvalue weighted by atomic mass is 79.9. The number of anilines is 3. The summed E-state index contributed by atoms with van der Waals surface area (Å²) < 4.78 is 9.06. The lowest BCUT2D eigenvalue weighted by Crippen LogP contribution is -2.24. The minimum absolute atomic E-state index is 0.0178. The lowest BCUT2D eigenvalue weighted by Gasteiger charge is -2.15. The zero-order chi connectivity index (χ0) is 61.8. The molecule has 90 heavy (non-hydrogen) atoms. The van der Waals surface area contributed by atoms with Crippen LogP contribution in [0.25, 0.3) is 34.6 Å². The maximum absolute atomic E-state index is 12.7. The highest BCUT2D eigenvalue weighted by Gasteiger charge is 2.33. The lowest BCUT2D eigenvalue weighted by molar-refractivity contribution is 0.0962. The third-order valence-electron chi connectivity index (χ3n) is 15.6. The fraction of sp³-hybridized carbons (Fsp3) is 0.179. The molecule has 3 amide bonds. The molecule has 6 aliphatic rings. The van der Waals surface area contributed by atoms with E-state index >= 15 is 0 Å². The number of hydrogen-bond donors (Lipinski definition) is 3. The summed E-state index contributed by atoms with van der Waals surface area (Å²) in [4.78, 5) is 53.6. The molecular formula is C67H56Br3N17O3. The van der Waals surface area contributed by atoms with Crippen LogP contribution in [0.15, 0.2) is 202 Å². The molecule has 11 aromatic rings. The maximum Gasteiger partial charge on any atom is 0.260 e. The summed E-state index contributed by atoms with van der Waals surface area (Å²) in [5.41, 5.74) is 16.5. The third-order valence-corrected chi connectivity index (χ3v) is 17.1. The van der Waals surface area contributed by atoms with Gasteiger partial charge in [0.15, 0.2) is 17.5 Å². The van der Waals surface area contributed by atoms with E-state index < -0.39 is 0 Å². The van der Waals surface area contributed by atoms with E-state index in [-0.39, 0.29) is 17.7 Å². The molecule has 3 fully saturated rings. The van der Waals surface area contributed by atoms with E-state index in [1.165, 1.54) is 12.8 Å². The SMILES string of the molecule is Brc1cccc(-c2nncn2C2CC2)n1.N=C(c1ccccc1)c1ccccc1.Nc1ccc2c(c1)CN(c1cccc(-c3nncn3C3CC3)n1)C2=O.O=C1NCc2cc(Br)ccc21.O=C1c2ccc(Br)cc2CN1c1cccc(-c2nncn2C2CC2)n1. The monoisotopic (exact) mass is 1380 g/mol. The number of hydrogen-bond acceptors (Lipinski definition) is 14. The summed E-state index contributed by atoms with van der Waals surface area (Å²) in [6.07, 6.45) is 12.3. The van der Waals surface area contributed by atoms with E-state index in [0.717, 1.165) is 113 Å². The first-order valence-electron chi connectivity index (χ1n) is 29.2. The number of fused-ring (bicyclic) bond motifs is 3. The number of aromatic nitrogens is 12. The number of nitrogens with zero attached hydrogens (tertiary/aromatic N) is 14. The molecule has 20 nitrogen and oxygen atoms in total. The largest absolute Gasteiger partial charge is 0.399 e. The van der Waals surface area contributed by atoms with Gasteiger partial charge in [0, 0.05) is 56.0 Å². The lowest BCUT2D eigenvalue weighted by atomic mass is 10.0. The molecule has 6 aromatic heterocycles. The molecule has 5 aromatic carbocycles. The molecule has 0 atom stereocenters. The zero-order valence-electron chi connectivity index (χ0n) is 48.2. The van der Waals surface area contributed by atoms with Crippen molar-refractivity contribution in [2.45, 2.75) is 76.3 Å². The number of nitrogens with two attached hydrogens (primary N) is 1. The van der Waals surface area contributed by atoms with Crippen LogP contribution in [-0.2, 0) is 19.6 Å². The van der Waals surface area contributed by atoms with Crippen molar-refractivity contribution < 1.29 is 14.4 Å². The van der Waals surface area contributed by atoms with Crippen molar-refractivity contribution in [3.8, 4) is 34.6 Å². The predicted molar refractivity (Wildman–Crippen MR) is 352 cm³/mol. The number of halogens is 3. The van der Waals surface area contributed by atoms with Crippen molar-refractivity contribution in [3.63, 3.8) is 0 Å². The van der Waals surface area contributed by atoms with Crippen LogP contribution in [0.2, 0.25) is 0 Å². The van der Waals surface area contributed by atoms with E-state index in [1.54, 1.807) is 40.9 Å². The third kappa shape index (κ3) is 13.3. The Labute approximate surface area is 542 Å². The number of nitrogens with one attached hydrogen (secondary N) is 2. The van der Waals surface area contributed by atoms with Crippen LogP contribution < -0.4 is 20.9 Å². The molecule has 4 N–H and O–H groups in total. The highest BCUT2D eigenvalue weighted by molar-refractivity contribution is 9.11. The van der Waals surface area contributed by atoms with Crippen molar-refractivity contribution in [1.29, 1.82) is 5.41 Å². The van der Waals surface area contributed by atoms with E-state index in [4.69, 9.17) is 16.1 Å². The van der Waals surface area contributed by atoms with Gasteiger partial charge in [-0.3, -0.25) is 29.6 Å². The highest BCUT2D eigenvalue weighted by Crippen LogP contribution is 2.40. The summed E-state index contributed by atoms with van der Waals surface area (Å²) in [5, 5.41) is 35.3. The number of benzene rings is 5. The normalized spacial score (nSPS) is 14.9. The summed E-state index contributed by atoms with van der Waals surface area (Å²) in [7, 11) is 0. The van der Waals surface area contributed by atoms with Gasteiger partial charge >= 0.3 is 0 Å². The fourth-order valence-corrected chi connectivity index (χ4v) is 11.8. The number of amides is 3. The Bertz CT molecular complexity index is 4280. The maximum atomic E-state index is 12.7. The van der Waals surface area contributed by atoms with Gasteiger partial charge in [-0.15, -0.1) is 30.6 Å². The van der Waals surface area contributed by atoms with Crippen molar-refractivity contribution in [3.05, 3.63) is 247 Å². The minimum Gasteiger partial charge on any atom is -0.399 e. The minimum atomic E-state index is -0.0525. The molecule has 0 radical (unpaired) electrons.